The first kappa shape index (κ1) is 35.6. The Kier molecular flexibility index (Phi) is 8.55. The predicted molar refractivity (Wildman–Crippen MR) is 206 cm³/mol. The number of esters is 1. The van der Waals surface area contributed by atoms with Gasteiger partial charge in [-0.2, -0.15) is 0 Å². The van der Waals surface area contributed by atoms with Crippen LogP contribution >= 0.6 is 11.3 Å². The summed E-state index contributed by atoms with van der Waals surface area (Å²) >= 11 is 1.56. The number of hydrogen-bond donors (Lipinski definition) is 2. The Bertz CT molecular complexity index is 2170. The van der Waals surface area contributed by atoms with Crippen LogP contribution in [0.15, 0.2) is 41.9 Å². The molecular weight excluding hydrogens is 701 g/mol. The smallest absolute Gasteiger partial charge is 0.325 e. The monoisotopic (exact) mass is 750 g/mol. The van der Waals surface area contributed by atoms with E-state index in [0.717, 1.165) is 81.9 Å². The molecule has 284 valence electrons. The van der Waals surface area contributed by atoms with E-state index in [1.807, 2.05) is 19.2 Å². The van der Waals surface area contributed by atoms with Crippen LogP contribution in [0.2, 0.25) is 0 Å². The molecular formula is C42H50N6O5S. The van der Waals surface area contributed by atoms with Crippen LogP contribution < -0.4 is 10.7 Å². The molecule has 3 saturated carbocycles. The van der Waals surface area contributed by atoms with Crippen molar-refractivity contribution in [2.45, 2.75) is 96.9 Å². The van der Waals surface area contributed by atoms with Gasteiger partial charge < -0.3 is 19.4 Å². The Hall–Kier alpha value is -4.13. The number of cyclic esters (lactones) is 1. The van der Waals surface area contributed by atoms with Crippen molar-refractivity contribution in [2.24, 2.45) is 29.1 Å². The number of thiazole rings is 1. The Labute approximate surface area is 320 Å². The average Bonchev–Trinajstić information content (AvgIpc) is 4.14. The van der Waals surface area contributed by atoms with Crippen LogP contribution in [-0.2, 0) is 42.2 Å². The lowest BCUT2D eigenvalue weighted by molar-refractivity contribution is -0.156. The van der Waals surface area contributed by atoms with Crippen molar-refractivity contribution in [3.05, 3.63) is 58.2 Å². The fourth-order valence-corrected chi connectivity index (χ4v) is 10.2. The number of rotatable bonds is 6. The van der Waals surface area contributed by atoms with Crippen molar-refractivity contribution in [1.29, 1.82) is 0 Å². The summed E-state index contributed by atoms with van der Waals surface area (Å²) in [6.45, 7) is 12.0. The molecule has 54 heavy (non-hydrogen) atoms. The molecule has 9 rings (SSSR count). The Balaban J connectivity index is 1.20. The molecule has 2 N–H and O–H groups in total. The Morgan fingerprint density at radius 1 is 1.20 bits per heavy atom. The topological polar surface area (TPSA) is 128 Å². The maximum absolute atomic E-state index is 14.6. The molecule has 6 bridgehead atoms. The van der Waals surface area contributed by atoms with Gasteiger partial charge in [0.25, 0.3) is 5.91 Å². The van der Waals surface area contributed by atoms with Crippen molar-refractivity contribution in [3.63, 3.8) is 0 Å². The highest BCUT2D eigenvalue weighted by molar-refractivity contribution is 7.10. The number of aryl methyl sites for hydroxylation is 1. The first-order chi connectivity index (χ1) is 25.9. The number of ether oxygens (including phenoxy) is 2. The van der Waals surface area contributed by atoms with Crippen molar-refractivity contribution >= 4 is 40.0 Å². The van der Waals surface area contributed by atoms with Crippen LogP contribution in [0.5, 0.6) is 0 Å². The number of hydrazine groups is 1. The summed E-state index contributed by atoms with van der Waals surface area (Å²) in [6.07, 6.45) is 5.41. The second-order valence-corrected chi connectivity index (χ2v) is 18.1. The summed E-state index contributed by atoms with van der Waals surface area (Å²) in [4.78, 5) is 52.2. The van der Waals surface area contributed by atoms with E-state index in [9.17, 15) is 14.4 Å². The van der Waals surface area contributed by atoms with Gasteiger partial charge in [-0.1, -0.05) is 26.8 Å². The summed E-state index contributed by atoms with van der Waals surface area (Å²) in [5.74, 6) is -0.0562. The van der Waals surface area contributed by atoms with Gasteiger partial charge >= 0.3 is 5.97 Å². The van der Waals surface area contributed by atoms with Gasteiger partial charge in [0.1, 0.15) is 17.1 Å². The van der Waals surface area contributed by atoms with Gasteiger partial charge in [0.2, 0.25) is 5.91 Å². The molecule has 0 radical (unpaired) electrons. The largest absolute Gasteiger partial charge is 0.464 e. The van der Waals surface area contributed by atoms with Gasteiger partial charge in [-0.25, -0.2) is 10.4 Å². The zero-order valence-electron chi connectivity index (χ0n) is 32.0. The number of nitrogens with zero attached hydrogens (tertiary/aromatic N) is 4. The van der Waals surface area contributed by atoms with E-state index >= 15 is 0 Å². The van der Waals surface area contributed by atoms with Crippen molar-refractivity contribution in [1.82, 2.24) is 30.3 Å². The lowest BCUT2D eigenvalue weighted by Crippen LogP contribution is -2.63. The molecule has 3 aliphatic carbocycles. The number of nitrogens with one attached hydrogen (secondary N) is 2. The number of benzene rings is 1. The maximum atomic E-state index is 14.6. The number of carbonyl (C=O) groups is 3. The quantitative estimate of drug-likeness (QED) is 0.223. The number of carbonyl (C=O) groups excluding carboxylic acids is 3. The molecule has 1 spiro atoms. The first-order valence-electron chi connectivity index (χ1n) is 19.6. The molecule has 2 aliphatic heterocycles. The number of pyridine rings is 1. The molecule has 5 heterocycles. The molecule has 4 fully saturated rings. The van der Waals surface area contributed by atoms with Crippen LogP contribution in [0.1, 0.15) is 82.7 Å². The third-order valence-electron chi connectivity index (χ3n) is 12.8. The van der Waals surface area contributed by atoms with Crippen LogP contribution in [-0.4, -0.2) is 69.7 Å². The standard InChI is InChI=1S/C42H50N6O5S/c1-7-47-32-11-10-24-16-29(32)30(35(47)26-9-8-14-43-33(26)23(3)52-6)18-41(4,5)21-53-39(51)34-28-17-25(28)19-48(46-34)38(50)36(45-37(49)27-15-22(27)2)42(12-13-42)40-44-31(24)20-54-40/h8-11,14,16,20,22-23,25,27-28,34,36,46H,7,12-13,15,17-19,21H2,1-6H3,(H,45,49)/t22-,23?,25-,27-,28-,34-,36+/m0/s1. The van der Waals surface area contributed by atoms with Crippen molar-refractivity contribution < 1.29 is 23.9 Å². The van der Waals surface area contributed by atoms with Gasteiger partial charge in [-0.05, 0) is 93.5 Å². The minimum absolute atomic E-state index is 0.0727. The highest BCUT2D eigenvalue weighted by Gasteiger charge is 2.60. The molecule has 4 aromatic rings. The van der Waals surface area contributed by atoms with E-state index in [2.05, 4.69) is 72.7 Å². The summed E-state index contributed by atoms with van der Waals surface area (Å²) in [7, 11) is 1.71. The van der Waals surface area contributed by atoms with E-state index in [1.54, 1.807) is 23.5 Å². The first-order valence-corrected chi connectivity index (χ1v) is 20.4. The number of amides is 2. The Morgan fingerprint density at radius 3 is 2.72 bits per heavy atom. The van der Waals surface area contributed by atoms with Gasteiger partial charge in [-0.3, -0.25) is 24.4 Å². The van der Waals surface area contributed by atoms with Gasteiger partial charge in [-0.15, -0.1) is 11.3 Å². The summed E-state index contributed by atoms with van der Waals surface area (Å²) in [5.41, 5.74) is 9.35. The second kappa shape index (κ2) is 13.0. The van der Waals surface area contributed by atoms with E-state index in [0.29, 0.717) is 18.9 Å². The number of aromatic nitrogens is 3. The lowest BCUT2D eigenvalue weighted by Gasteiger charge is -2.37. The normalized spacial score (nSPS) is 28.6. The van der Waals surface area contributed by atoms with E-state index < -0.39 is 22.9 Å². The highest BCUT2D eigenvalue weighted by atomic mass is 32.1. The molecule has 1 aromatic carbocycles. The third-order valence-corrected chi connectivity index (χ3v) is 13.8. The van der Waals surface area contributed by atoms with E-state index in [1.165, 1.54) is 0 Å². The lowest BCUT2D eigenvalue weighted by atomic mass is 9.84. The molecule has 11 nitrogen and oxygen atoms in total. The summed E-state index contributed by atoms with van der Waals surface area (Å²) in [5, 5.41) is 8.89. The minimum atomic E-state index is -0.785. The molecule has 1 saturated heterocycles. The third kappa shape index (κ3) is 5.96. The van der Waals surface area contributed by atoms with Gasteiger partial charge in [0, 0.05) is 65.1 Å². The number of methoxy groups -OCH3 is 1. The zero-order valence-corrected chi connectivity index (χ0v) is 32.8. The maximum Gasteiger partial charge on any atom is 0.325 e. The number of fused-ring (bicyclic) bond motifs is 9. The van der Waals surface area contributed by atoms with Crippen molar-refractivity contribution in [2.75, 3.05) is 20.3 Å². The van der Waals surface area contributed by atoms with Gasteiger partial charge in [0.15, 0.2) is 0 Å². The second-order valence-electron chi connectivity index (χ2n) is 17.2. The fourth-order valence-electron chi connectivity index (χ4n) is 9.08. The van der Waals surface area contributed by atoms with Gasteiger partial charge in [0.05, 0.1) is 35.2 Å². The average molecular weight is 751 g/mol. The SMILES string of the molecule is CCn1c(-c2cccnc2C(C)OC)c2c3cc(ccc31)-c1csc(n1)C1(CC1)[C@H](NC(=O)[C@H]1C[C@@H]1C)C(=O)N1C[C@@H]3C[C@@H]3[C@H](N1)C(=O)OCC(C)(C)C2. The molecule has 3 aromatic heterocycles. The molecule has 12 heteroatoms. The predicted octanol–water partition coefficient (Wildman–Crippen LogP) is 6.20. The fraction of sp³-hybridized carbons (Fsp3) is 0.548. The molecule has 7 atom stereocenters. The van der Waals surface area contributed by atoms with Crippen LogP contribution in [0.4, 0.5) is 0 Å². The zero-order chi connectivity index (χ0) is 37.7. The van der Waals surface area contributed by atoms with Crippen LogP contribution in [0.3, 0.4) is 0 Å². The highest BCUT2D eigenvalue weighted by Crippen LogP contribution is 2.54. The van der Waals surface area contributed by atoms with Crippen LogP contribution in [0.25, 0.3) is 33.4 Å². The van der Waals surface area contributed by atoms with E-state index in [4.69, 9.17) is 19.4 Å². The number of hydrogen-bond acceptors (Lipinski definition) is 9. The molecule has 2 amide bonds. The Morgan fingerprint density at radius 2 is 2.00 bits per heavy atom. The van der Waals surface area contributed by atoms with Crippen LogP contribution in [0, 0.1) is 29.1 Å². The minimum Gasteiger partial charge on any atom is -0.464 e. The summed E-state index contributed by atoms with van der Waals surface area (Å²) < 4.78 is 14.4. The molecule has 5 aliphatic rings. The van der Waals surface area contributed by atoms with Crippen molar-refractivity contribution in [3.8, 4) is 22.5 Å². The summed E-state index contributed by atoms with van der Waals surface area (Å²) in [6, 6.07) is 9.26. The van der Waals surface area contributed by atoms with E-state index in [-0.39, 0.29) is 48.2 Å². The molecule has 1 unspecified atom stereocenters.